The third-order valence-electron chi connectivity index (χ3n) is 5.22. The van der Waals surface area contributed by atoms with E-state index in [2.05, 4.69) is 5.32 Å². The van der Waals surface area contributed by atoms with Gasteiger partial charge in [-0.15, -0.1) is 0 Å². The summed E-state index contributed by atoms with van der Waals surface area (Å²) in [6.07, 6.45) is 7.68. The van der Waals surface area contributed by atoms with Crippen molar-refractivity contribution in [3.05, 3.63) is 35.9 Å². The van der Waals surface area contributed by atoms with Gasteiger partial charge in [-0.3, -0.25) is 0 Å². The maximum Gasteiger partial charge on any atom is 0.407 e. The first-order chi connectivity index (χ1) is 10.7. The van der Waals surface area contributed by atoms with Gasteiger partial charge in [0.15, 0.2) is 0 Å². The van der Waals surface area contributed by atoms with Crippen LogP contribution in [0.3, 0.4) is 0 Å². The van der Waals surface area contributed by atoms with Crippen molar-refractivity contribution < 1.29 is 14.6 Å². The van der Waals surface area contributed by atoms with Crippen LogP contribution in [0, 0.1) is 5.41 Å². The Hall–Kier alpha value is -1.55. The van der Waals surface area contributed by atoms with Gasteiger partial charge in [-0.25, -0.2) is 4.79 Å². The van der Waals surface area contributed by atoms with Gasteiger partial charge in [-0.2, -0.15) is 0 Å². The Bertz CT molecular complexity index is 500. The number of benzene rings is 1. The minimum atomic E-state index is -0.467. The maximum absolute atomic E-state index is 12.0. The standard InChI is InChI=1S/C18H25NO3/c20-14-18(12-17(13-18)9-5-2-6-10-17)19-16(21)22-11-15-7-3-1-4-8-15/h1,3-4,7-8,20H,2,5-6,9-14H2,(H,19,21). The zero-order chi connectivity index (χ0) is 15.5. The fourth-order valence-electron chi connectivity index (χ4n) is 4.25. The van der Waals surface area contributed by atoms with Crippen molar-refractivity contribution in [3.63, 3.8) is 0 Å². The van der Waals surface area contributed by atoms with E-state index in [0.717, 1.165) is 18.4 Å². The van der Waals surface area contributed by atoms with Gasteiger partial charge in [0.05, 0.1) is 12.1 Å². The zero-order valence-corrected chi connectivity index (χ0v) is 13.0. The quantitative estimate of drug-likeness (QED) is 0.896. The molecule has 1 spiro atoms. The van der Waals surface area contributed by atoms with Gasteiger partial charge in [0, 0.05) is 0 Å². The lowest BCUT2D eigenvalue weighted by molar-refractivity contribution is -0.0553. The number of ether oxygens (including phenoxy) is 1. The summed E-state index contributed by atoms with van der Waals surface area (Å²) in [7, 11) is 0. The average Bonchev–Trinajstić information content (AvgIpc) is 2.53. The number of aliphatic hydroxyl groups excluding tert-OH is 1. The highest BCUT2D eigenvalue weighted by atomic mass is 16.5. The number of alkyl carbamates (subject to hydrolysis) is 1. The molecule has 120 valence electrons. The van der Waals surface area contributed by atoms with Crippen molar-refractivity contribution in [2.75, 3.05) is 6.61 Å². The van der Waals surface area contributed by atoms with Crippen molar-refractivity contribution in [2.45, 2.75) is 57.1 Å². The predicted molar refractivity (Wildman–Crippen MR) is 84.3 cm³/mol. The van der Waals surface area contributed by atoms with Crippen LogP contribution in [0.25, 0.3) is 0 Å². The summed E-state index contributed by atoms with van der Waals surface area (Å²) in [4.78, 5) is 12.0. The number of carbonyl (C=O) groups is 1. The summed E-state index contributed by atoms with van der Waals surface area (Å²) < 4.78 is 5.28. The molecule has 2 fully saturated rings. The second-order valence-corrected chi connectivity index (χ2v) is 7.04. The van der Waals surface area contributed by atoms with Crippen molar-refractivity contribution in [1.82, 2.24) is 5.32 Å². The SMILES string of the molecule is O=C(NC1(CO)CC2(CCCCC2)C1)OCc1ccccc1. The van der Waals surface area contributed by atoms with Crippen LogP contribution in [-0.2, 0) is 11.3 Å². The molecule has 2 N–H and O–H groups in total. The largest absolute Gasteiger partial charge is 0.445 e. The van der Waals surface area contributed by atoms with Crippen LogP contribution in [0.15, 0.2) is 30.3 Å². The molecule has 0 radical (unpaired) electrons. The number of nitrogens with one attached hydrogen (secondary N) is 1. The van der Waals surface area contributed by atoms with Gasteiger partial charge in [-0.05, 0) is 36.7 Å². The second-order valence-electron chi connectivity index (χ2n) is 7.04. The Balaban J connectivity index is 1.50. The Kier molecular flexibility index (Phi) is 4.39. The molecule has 0 aliphatic heterocycles. The van der Waals surface area contributed by atoms with E-state index in [1.165, 1.54) is 32.1 Å². The Morgan fingerprint density at radius 1 is 1.14 bits per heavy atom. The van der Waals surface area contributed by atoms with Crippen LogP contribution in [0.1, 0.15) is 50.5 Å². The lowest BCUT2D eigenvalue weighted by Crippen LogP contribution is -2.64. The molecule has 22 heavy (non-hydrogen) atoms. The smallest absolute Gasteiger partial charge is 0.407 e. The summed E-state index contributed by atoms with van der Waals surface area (Å²) in [5, 5.41) is 12.6. The molecule has 0 bridgehead atoms. The van der Waals surface area contributed by atoms with Gasteiger partial charge < -0.3 is 15.2 Å². The Morgan fingerprint density at radius 3 is 2.45 bits per heavy atom. The van der Waals surface area contributed by atoms with Gasteiger partial charge in [0.25, 0.3) is 0 Å². The molecule has 4 heteroatoms. The molecule has 1 aromatic rings. The summed E-state index contributed by atoms with van der Waals surface area (Å²) in [5.74, 6) is 0. The number of rotatable bonds is 4. The van der Waals surface area contributed by atoms with Crippen molar-refractivity contribution >= 4 is 6.09 Å². The third kappa shape index (κ3) is 3.27. The van der Waals surface area contributed by atoms with Gasteiger partial charge in [0.2, 0.25) is 0 Å². The van der Waals surface area contributed by atoms with Crippen molar-refractivity contribution in [3.8, 4) is 0 Å². The maximum atomic E-state index is 12.0. The second kappa shape index (κ2) is 6.29. The summed E-state index contributed by atoms with van der Waals surface area (Å²) in [6.45, 7) is 0.258. The molecule has 0 unspecified atom stereocenters. The minimum absolute atomic E-state index is 0.00477. The number of aliphatic hydroxyl groups is 1. The predicted octanol–water partition coefficient (Wildman–Crippen LogP) is 3.39. The average molecular weight is 303 g/mol. The molecule has 2 aliphatic carbocycles. The normalized spacial score (nSPS) is 21.9. The van der Waals surface area contributed by atoms with Crippen molar-refractivity contribution in [2.24, 2.45) is 5.41 Å². The van der Waals surface area contributed by atoms with Gasteiger partial charge >= 0.3 is 6.09 Å². The molecule has 0 saturated heterocycles. The number of hydrogen-bond donors (Lipinski definition) is 2. The highest BCUT2D eigenvalue weighted by molar-refractivity contribution is 5.68. The van der Waals surface area contributed by atoms with E-state index < -0.39 is 11.6 Å². The first-order valence-corrected chi connectivity index (χ1v) is 8.25. The molecular formula is C18H25NO3. The van der Waals surface area contributed by atoms with Crippen LogP contribution in [0.5, 0.6) is 0 Å². The van der Waals surface area contributed by atoms with Crippen LogP contribution in [-0.4, -0.2) is 23.3 Å². The van der Waals surface area contributed by atoms with E-state index in [0.29, 0.717) is 5.41 Å². The van der Waals surface area contributed by atoms with Gasteiger partial charge in [-0.1, -0.05) is 49.6 Å². The molecule has 3 rings (SSSR count). The molecular weight excluding hydrogens is 278 g/mol. The lowest BCUT2D eigenvalue weighted by Gasteiger charge is -2.57. The van der Waals surface area contributed by atoms with Crippen LogP contribution >= 0.6 is 0 Å². The summed E-state index contributed by atoms with van der Waals surface area (Å²) in [5.41, 5.74) is 0.853. The molecule has 1 amide bonds. The number of amides is 1. The molecule has 0 aromatic heterocycles. The topological polar surface area (TPSA) is 58.6 Å². The third-order valence-corrected chi connectivity index (χ3v) is 5.22. The lowest BCUT2D eigenvalue weighted by atomic mass is 9.52. The molecule has 1 aromatic carbocycles. The summed E-state index contributed by atoms with van der Waals surface area (Å²) >= 11 is 0. The van der Waals surface area contributed by atoms with E-state index >= 15 is 0 Å². The fourth-order valence-corrected chi connectivity index (χ4v) is 4.25. The van der Waals surface area contributed by atoms with E-state index in [4.69, 9.17) is 4.74 Å². The van der Waals surface area contributed by atoms with E-state index in [-0.39, 0.29) is 13.2 Å². The van der Waals surface area contributed by atoms with Crippen molar-refractivity contribution in [1.29, 1.82) is 0 Å². The monoisotopic (exact) mass is 303 g/mol. The van der Waals surface area contributed by atoms with E-state index in [9.17, 15) is 9.90 Å². The van der Waals surface area contributed by atoms with Gasteiger partial charge in [0.1, 0.15) is 6.61 Å². The van der Waals surface area contributed by atoms with Crippen LogP contribution in [0.2, 0.25) is 0 Å². The minimum Gasteiger partial charge on any atom is -0.445 e. The highest BCUT2D eigenvalue weighted by Gasteiger charge is 2.55. The Morgan fingerprint density at radius 2 is 1.82 bits per heavy atom. The molecule has 0 heterocycles. The molecule has 2 aliphatic rings. The molecule has 0 atom stereocenters. The number of carbonyl (C=O) groups excluding carboxylic acids is 1. The van der Waals surface area contributed by atoms with Crippen LogP contribution in [0.4, 0.5) is 4.79 Å². The van der Waals surface area contributed by atoms with E-state index in [1.54, 1.807) is 0 Å². The Labute approximate surface area is 131 Å². The summed E-state index contributed by atoms with van der Waals surface area (Å²) in [6, 6.07) is 9.63. The fraction of sp³-hybridized carbons (Fsp3) is 0.611. The number of hydrogen-bond acceptors (Lipinski definition) is 3. The highest BCUT2D eigenvalue weighted by Crippen LogP contribution is 2.56. The van der Waals surface area contributed by atoms with Crippen LogP contribution < -0.4 is 5.32 Å². The molecule has 2 saturated carbocycles. The first kappa shape index (κ1) is 15.3. The zero-order valence-electron chi connectivity index (χ0n) is 13.0. The molecule has 4 nitrogen and oxygen atoms in total. The first-order valence-electron chi connectivity index (χ1n) is 8.25. The van der Waals surface area contributed by atoms with E-state index in [1.807, 2.05) is 30.3 Å².